The van der Waals surface area contributed by atoms with Crippen molar-refractivity contribution < 1.29 is 64.6 Å². The first-order chi connectivity index (χ1) is 27.5. The van der Waals surface area contributed by atoms with Gasteiger partial charge in [0.2, 0.25) is 5.91 Å². The Morgan fingerprint density at radius 1 is 0.614 bits per heavy atom. The second-order valence-electron chi connectivity index (χ2n) is 15.5. The fraction of sp³-hybridized carbons (Fsp3) is 0.837. The minimum absolute atomic E-state index is 0.331. The number of unbranched alkanes of at least 4 members (excludes halogenated alkanes) is 16. The minimum atomic E-state index is -1.79. The molecular weight excluding hydrogens is 738 g/mol. The largest absolute Gasteiger partial charge is 0.394 e. The first-order valence-corrected chi connectivity index (χ1v) is 21.7. The van der Waals surface area contributed by atoms with Crippen LogP contribution in [0.4, 0.5) is 0 Å². The fourth-order valence-corrected chi connectivity index (χ4v) is 7.06. The standard InChI is InChI=1S/C43H77NO13/c1-3-4-5-6-7-8-9-10-11-12-13-14-15-16-17-18-19-20-21-22-23-24-25-26-27-33(48)32(44-31(2)47)30-54-42-40(53)38(51)41(35(29-46)56-42)57-43-39(52)37(50)36(49)34(28-45)55-43/h18-19,22-23,26-27,32-43,45-46,48-53H,3-17,20-21,24-25,28-30H2,1-2H3,(H,44,47)/b19-18+,23-22+,27-26+. The topological polar surface area (TPSA) is 228 Å². The van der Waals surface area contributed by atoms with Gasteiger partial charge in [0.05, 0.1) is 32.0 Å². The number of ether oxygens (including phenoxy) is 4. The van der Waals surface area contributed by atoms with Gasteiger partial charge >= 0.3 is 0 Å². The van der Waals surface area contributed by atoms with Gasteiger partial charge in [0.15, 0.2) is 12.6 Å². The number of carbonyl (C=O) groups excluding carboxylic acids is 1. The predicted octanol–water partition coefficient (Wildman–Crippen LogP) is 3.59. The van der Waals surface area contributed by atoms with Gasteiger partial charge in [0, 0.05) is 6.92 Å². The van der Waals surface area contributed by atoms with Crippen molar-refractivity contribution in [3.63, 3.8) is 0 Å². The zero-order valence-corrected chi connectivity index (χ0v) is 34.6. The number of allylic oxidation sites excluding steroid dienone is 5. The Morgan fingerprint density at radius 3 is 1.61 bits per heavy atom. The third-order valence-electron chi connectivity index (χ3n) is 10.6. The van der Waals surface area contributed by atoms with Crippen molar-refractivity contribution in [2.24, 2.45) is 0 Å². The quantitative estimate of drug-likeness (QED) is 0.0361. The highest BCUT2D eigenvalue weighted by molar-refractivity contribution is 5.73. The zero-order chi connectivity index (χ0) is 41.8. The molecule has 0 saturated carbocycles. The zero-order valence-electron chi connectivity index (χ0n) is 34.6. The molecule has 2 heterocycles. The molecule has 0 aromatic heterocycles. The maximum atomic E-state index is 11.9. The van der Waals surface area contributed by atoms with Crippen LogP contribution in [0.3, 0.4) is 0 Å². The molecule has 0 bridgehead atoms. The Balaban J connectivity index is 1.63. The lowest BCUT2D eigenvalue weighted by Crippen LogP contribution is -2.65. The lowest BCUT2D eigenvalue weighted by molar-refractivity contribution is -0.359. The fourth-order valence-electron chi connectivity index (χ4n) is 7.06. The Hall–Kier alpha value is -1.79. The number of hydrogen-bond acceptors (Lipinski definition) is 13. The second kappa shape index (κ2) is 31.1. The molecule has 2 aliphatic heterocycles. The summed E-state index contributed by atoms with van der Waals surface area (Å²) < 4.78 is 22.2. The predicted molar refractivity (Wildman–Crippen MR) is 217 cm³/mol. The van der Waals surface area contributed by atoms with E-state index < -0.39 is 92.7 Å². The van der Waals surface area contributed by atoms with Gasteiger partial charge in [-0.3, -0.25) is 4.79 Å². The SMILES string of the molecule is CCCCCCCCCCCCCCCC/C=C/CC/C=C/CC/C=C/C(O)C(COC1OC(CO)C(OC2OC(CO)C(O)C(O)C2O)C(O)C1O)NC(C)=O. The summed E-state index contributed by atoms with van der Waals surface area (Å²) in [5, 5.41) is 84.8. The van der Waals surface area contributed by atoms with E-state index in [-0.39, 0.29) is 6.61 Å². The van der Waals surface area contributed by atoms with E-state index in [0.717, 1.165) is 25.7 Å². The third kappa shape index (κ3) is 20.4. The van der Waals surface area contributed by atoms with E-state index in [1.54, 1.807) is 12.2 Å². The Labute approximate surface area is 341 Å². The molecule has 0 aromatic rings. The molecule has 12 unspecified atom stereocenters. The van der Waals surface area contributed by atoms with Crippen molar-refractivity contribution in [1.82, 2.24) is 5.32 Å². The monoisotopic (exact) mass is 816 g/mol. The summed E-state index contributed by atoms with van der Waals surface area (Å²) in [5.41, 5.74) is 0. The van der Waals surface area contributed by atoms with Crippen LogP contribution in [0.1, 0.15) is 136 Å². The number of hydrogen-bond donors (Lipinski definition) is 9. The van der Waals surface area contributed by atoms with Gasteiger partial charge in [0.1, 0.15) is 48.8 Å². The summed E-state index contributed by atoms with van der Waals surface area (Å²) in [5.74, 6) is -0.431. The van der Waals surface area contributed by atoms with Crippen LogP contribution in [-0.4, -0.2) is 140 Å². The van der Waals surface area contributed by atoms with Crippen molar-refractivity contribution >= 4 is 5.91 Å². The maximum Gasteiger partial charge on any atom is 0.217 e. The van der Waals surface area contributed by atoms with E-state index in [4.69, 9.17) is 18.9 Å². The Kier molecular flexibility index (Phi) is 28.1. The first-order valence-electron chi connectivity index (χ1n) is 21.7. The average molecular weight is 816 g/mol. The van der Waals surface area contributed by atoms with Crippen LogP contribution in [0.2, 0.25) is 0 Å². The van der Waals surface area contributed by atoms with E-state index in [1.165, 1.54) is 96.8 Å². The molecule has 332 valence electrons. The number of aliphatic hydroxyl groups is 8. The molecule has 0 aliphatic carbocycles. The van der Waals surface area contributed by atoms with Gasteiger partial charge in [-0.1, -0.05) is 127 Å². The lowest BCUT2D eigenvalue weighted by Gasteiger charge is -2.46. The number of rotatable bonds is 31. The summed E-state index contributed by atoms with van der Waals surface area (Å²) >= 11 is 0. The number of amides is 1. The number of aliphatic hydroxyl groups excluding tert-OH is 8. The number of carbonyl (C=O) groups is 1. The molecule has 57 heavy (non-hydrogen) atoms. The normalized spacial score (nSPS) is 29.4. The molecule has 14 heteroatoms. The second-order valence-corrected chi connectivity index (χ2v) is 15.5. The highest BCUT2D eigenvalue weighted by Gasteiger charge is 2.50. The lowest BCUT2D eigenvalue weighted by atomic mass is 9.97. The van der Waals surface area contributed by atoms with Crippen LogP contribution >= 0.6 is 0 Å². The van der Waals surface area contributed by atoms with E-state index in [0.29, 0.717) is 6.42 Å². The molecule has 0 spiro atoms. The van der Waals surface area contributed by atoms with Crippen LogP contribution in [0.15, 0.2) is 36.5 Å². The smallest absolute Gasteiger partial charge is 0.217 e. The van der Waals surface area contributed by atoms with Crippen molar-refractivity contribution in [2.75, 3.05) is 19.8 Å². The number of nitrogens with one attached hydrogen (secondary N) is 1. The van der Waals surface area contributed by atoms with Crippen LogP contribution in [-0.2, 0) is 23.7 Å². The average Bonchev–Trinajstić information content (AvgIpc) is 3.20. The van der Waals surface area contributed by atoms with Crippen LogP contribution in [0.5, 0.6) is 0 Å². The van der Waals surface area contributed by atoms with Gasteiger partial charge < -0.3 is 65.1 Å². The third-order valence-corrected chi connectivity index (χ3v) is 10.6. The summed E-state index contributed by atoms with van der Waals surface area (Å²) in [7, 11) is 0. The van der Waals surface area contributed by atoms with Crippen LogP contribution < -0.4 is 5.32 Å². The summed E-state index contributed by atoms with van der Waals surface area (Å²) in [6, 6.07) is -0.936. The van der Waals surface area contributed by atoms with Crippen LogP contribution in [0, 0.1) is 0 Å². The molecule has 14 nitrogen and oxygen atoms in total. The summed E-state index contributed by atoms with van der Waals surface area (Å²) in [4.78, 5) is 11.9. The van der Waals surface area contributed by atoms with E-state index in [1.807, 2.05) is 0 Å². The molecule has 2 saturated heterocycles. The highest BCUT2D eigenvalue weighted by Crippen LogP contribution is 2.29. The molecular formula is C43H77NO13. The molecule has 2 rings (SSSR count). The molecule has 2 fully saturated rings. The molecule has 2 aliphatic rings. The van der Waals surface area contributed by atoms with E-state index in [2.05, 4.69) is 36.5 Å². The first kappa shape index (κ1) is 51.4. The molecule has 0 aromatic carbocycles. The van der Waals surface area contributed by atoms with Crippen LogP contribution in [0.25, 0.3) is 0 Å². The Morgan fingerprint density at radius 2 is 1.09 bits per heavy atom. The molecule has 1 amide bonds. The van der Waals surface area contributed by atoms with Gasteiger partial charge in [-0.25, -0.2) is 0 Å². The molecule has 12 atom stereocenters. The highest BCUT2D eigenvalue weighted by atomic mass is 16.7. The van der Waals surface area contributed by atoms with Gasteiger partial charge in [0.25, 0.3) is 0 Å². The van der Waals surface area contributed by atoms with Crippen molar-refractivity contribution in [2.45, 2.75) is 209 Å². The van der Waals surface area contributed by atoms with Crippen molar-refractivity contribution in [3.8, 4) is 0 Å². The van der Waals surface area contributed by atoms with E-state index >= 15 is 0 Å². The van der Waals surface area contributed by atoms with Gasteiger partial charge in [-0.05, 0) is 38.5 Å². The van der Waals surface area contributed by atoms with Crippen molar-refractivity contribution in [3.05, 3.63) is 36.5 Å². The Bertz CT molecular complexity index is 1100. The van der Waals surface area contributed by atoms with E-state index in [9.17, 15) is 45.6 Å². The molecule has 9 N–H and O–H groups in total. The molecule has 0 radical (unpaired) electrons. The van der Waals surface area contributed by atoms with Crippen molar-refractivity contribution in [1.29, 1.82) is 0 Å². The maximum absolute atomic E-state index is 11.9. The summed E-state index contributed by atoms with van der Waals surface area (Å²) in [6.07, 6.45) is 18.9. The minimum Gasteiger partial charge on any atom is -0.394 e. The van der Waals surface area contributed by atoms with Gasteiger partial charge in [-0.15, -0.1) is 0 Å². The van der Waals surface area contributed by atoms with Gasteiger partial charge in [-0.2, -0.15) is 0 Å². The summed E-state index contributed by atoms with van der Waals surface area (Å²) in [6.45, 7) is 1.79.